The van der Waals surface area contributed by atoms with E-state index in [0.29, 0.717) is 27.8 Å². The van der Waals surface area contributed by atoms with Crippen molar-refractivity contribution in [2.75, 3.05) is 0 Å². The van der Waals surface area contributed by atoms with E-state index in [1.54, 1.807) is 36.1 Å². The van der Waals surface area contributed by atoms with Crippen LogP contribution in [0.5, 0.6) is 0 Å². The molecule has 0 aliphatic rings. The minimum atomic E-state index is -0.261. The Balaban J connectivity index is 1.83. The van der Waals surface area contributed by atoms with E-state index in [4.69, 9.17) is 23.2 Å². The summed E-state index contributed by atoms with van der Waals surface area (Å²) >= 11 is 11.7. The number of amides is 1. The van der Waals surface area contributed by atoms with E-state index in [0.717, 1.165) is 11.1 Å². The van der Waals surface area contributed by atoms with Gasteiger partial charge in [0, 0.05) is 24.0 Å². The predicted octanol–water partition coefficient (Wildman–Crippen LogP) is 3.21. The molecule has 2 aromatic heterocycles. The quantitative estimate of drug-likeness (QED) is 0.748. The maximum atomic E-state index is 12.3. The molecular formula is C15H12Cl2N4O. The zero-order valence-corrected chi connectivity index (χ0v) is 13.2. The lowest BCUT2D eigenvalue weighted by molar-refractivity contribution is 0.0947. The topological polar surface area (TPSA) is 59.8 Å². The summed E-state index contributed by atoms with van der Waals surface area (Å²) in [5, 5.41) is 8.74. The molecule has 0 spiro atoms. The van der Waals surface area contributed by atoms with Crippen LogP contribution in [0.15, 0.2) is 36.5 Å². The van der Waals surface area contributed by atoms with E-state index in [9.17, 15) is 4.79 Å². The highest BCUT2D eigenvalue weighted by molar-refractivity contribution is 6.30. The monoisotopic (exact) mass is 334 g/mol. The Morgan fingerprint density at radius 1 is 1.27 bits per heavy atom. The van der Waals surface area contributed by atoms with Crippen LogP contribution in [0, 0.1) is 0 Å². The van der Waals surface area contributed by atoms with Crippen molar-refractivity contribution in [3.63, 3.8) is 0 Å². The van der Waals surface area contributed by atoms with E-state index in [-0.39, 0.29) is 5.91 Å². The maximum absolute atomic E-state index is 12.3. The summed E-state index contributed by atoms with van der Waals surface area (Å²) in [7, 11) is 1.76. The van der Waals surface area contributed by atoms with Crippen molar-refractivity contribution in [2.45, 2.75) is 6.54 Å². The van der Waals surface area contributed by atoms with Crippen molar-refractivity contribution in [1.29, 1.82) is 0 Å². The van der Waals surface area contributed by atoms with Gasteiger partial charge in [-0.1, -0.05) is 35.3 Å². The normalized spacial score (nSPS) is 10.9. The molecule has 1 aromatic carbocycles. The zero-order valence-electron chi connectivity index (χ0n) is 11.7. The van der Waals surface area contributed by atoms with Crippen LogP contribution in [0.2, 0.25) is 10.2 Å². The zero-order chi connectivity index (χ0) is 15.7. The molecule has 0 bridgehead atoms. The number of fused-ring (bicyclic) bond motifs is 1. The van der Waals surface area contributed by atoms with Crippen LogP contribution in [-0.4, -0.2) is 20.7 Å². The van der Waals surface area contributed by atoms with E-state index >= 15 is 0 Å². The van der Waals surface area contributed by atoms with Gasteiger partial charge in [-0.05, 0) is 23.8 Å². The fraction of sp³-hybridized carbons (Fsp3) is 0.133. The third-order valence-electron chi connectivity index (χ3n) is 3.28. The first-order valence-corrected chi connectivity index (χ1v) is 7.31. The molecule has 0 saturated carbocycles. The van der Waals surface area contributed by atoms with Gasteiger partial charge >= 0.3 is 0 Å². The van der Waals surface area contributed by atoms with E-state index < -0.39 is 0 Å². The Labute approximate surface area is 136 Å². The molecule has 0 fully saturated rings. The maximum Gasteiger partial charge on any atom is 0.272 e. The molecule has 0 atom stereocenters. The molecule has 0 saturated heterocycles. The number of halogens is 2. The van der Waals surface area contributed by atoms with Crippen LogP contribution in [0.25, 0.3) is 10.9 Å². The molecule has 1 amide bonds. The Bertz CT molecular complexity index is 843. The second-order valence-corrected chi connectivity index (χ2v) is 5.63. The Hall–Kier alpha value is -2.11. The van der Waals surface area contributed by atoms with E-state index in [2.05, 4.69) is 15.4 Å². The van der Waals surface area contributed by atoms with Crippen molar-refractivity contribution >= 4 is 40.0 Å². The number of carbonyl (C=O) groups excluding carboxylic acids is 1. The Morgan fingerprint density at radius 2 is 2.00 bits per heavy atom. The average molecular weight is 335 g/mol. The van der Waals surface area contributed by atoms with E-state index in [1.807, 2.05) is 12.1 Å². The minimum absolute atomic E-state index is 0.261. The second-order valence-electron chi connectivity index (χ2n) is 4.81. The molecule has 0 radical (unpaired) electrons. The van der Waals surface area contributed by atoms with Crippen molar-refractivity contribution < 1.29 is 4.79 Å². The van der Waals surface area contributed by atoms with Gasteiger partial charge in [0.2, 0.25) is 0 Å². The SMILES string of the molecule is Cn1nc(C(=O)NCc2ccc(Cl)cc2)c2cc(Cl)ncc21. The van der Waals surface area contributed by atoms with Gasteiger partial charge in [0.15, 0.2) is 5.69 Å². The van der Waals surface area contributed by atoms with Crippen LogP contribution in [0.4, 0.5) is 0 Å². The summed E-state index contributed by atoms with van der Waals surface area (Å²) < 4.78 is 1.61. The number of hydrogen-bond donors (Lipinski definition) is 1. The predicted molar refractivity (Wildman–Crippen MR) is 86.1 cm³/mol. The third-order valence-corrected chi connectivity index (χ3v) is 3.74. The number of nitrogens with zero attached hydrogens (tertiary/aromatic N) is 3. The molecular weight excluding hydrogens is 323 g/mol. The van der Waals surface area contributed by atoms with Crippen molar-refractivity contribution in [2.24, 2.45) is 7.05 Å². The van der Waals surface area contributed by atoms with Crippen molar-refractivity contribution in [3.05, 3.63) is 58.0 Å². The van der Waals surface area contributed by atoms with Gasteiger partial charge in [-0.15, -0.1) is 0 Å². The summed E-state index contributed by atoms with van der Waals surface area (Å²) in [5.41, 5.74) is 2.04. The first-order valence-electron chi connectivity index (χ1n) is 6.55. The van der Waals surface area contributed by atoms with Crippen LogP contribution in [0.1, 0.15) is 16.1 Å². The molecule has 0 unspecified atom stereocenters. The number of hydrogen-bond acceptors (Lipinski definition) is 3. The van der Waals surface area contributed by atoms with Gasteiger partial charge in [-0.25, -0.2) is 4.98 Å². The molecule has 7 heteroatoms. The number of rotatable bonds is 3. The van der Waals surface area contributed by atoms with Gasteiger partial charge in [-0.2, -0.15) is 5.10 Å². The lowest BCUT2D eigenvalue weighted by Gasteiger charge is -2.04. The van der Waals surface area contributed by atoms with Gasteiger partial charge in [0.1, 0.15) is 5.15 Å². The Kier molecular flexibility index (Phi) is 4.00. The number of aromatic nitrogens is 3. The number of benzene rings is 1. The molecule has 3 rings (SSSR count). The smallest absolute Gasteiger partial charge is 0.272 e. The summed E-state index contributed by atoms with van der Waals surface area (Å²) in [5.74, 6) is -0.261. The number of aryl methyl sites for hydroxylation is 1. The second kappa shape index (κ2) is 5.94. The third kappa shape index (κ3) is 2.91. The fourth-order valence-electron chi connectivity index (χ4n) is 2.16. The van der Waals surface area contributed by atoms with Crippen LogP contribution in [-0.2, 0) is 13.6 Å². The van der Waals surface area contributed by atoms with Crippen molar-refractivity contribution in [1.82, 2.24) is 20.1 Å². The standard InChI is InChI=1S/C15H12Cl2N4O/c1-21-12-8-18-13(17)6-11(12)14(20-21)15(22)19-7-9-2-4-10(16)5-3-9/h2-6,8H,7H2,1H3,(H,19,22). The van der Waals surface area contributed by atoms with Gasteiger partial charge in [0.05, 0.1) is 11.7 Å². The molecule has 0 aliphatic carbocycles. The van der Waals surface area contributed by atoms with Gasteiger partial charge < -0.3 is 5.32 Å². The number of pyridine rings is 1. The molecule has 5 nitrogen and oxygen atoms in total. The fourth-order valence-corrected chi connectivity index (χ4v) is 2.45. The van der Waals surface area contributed by atoms with E-state index in [1.165, 1.54) is 0 Å². The molecule has 0 aliphatic heterocycles. The van der Waals surface area contributed by atoms with Crippen LogP contribution < -0.4 is 5.32 Å². The first-order chi connectivity index (χ1) is 10.5. The van der Waals surface area contributed by atoms with Gasteiger partial charge in [-0.3, -0.25) is 9.48 Å². The summed E-state index contributed by atoms with van der Waals surface area (Å²) in [6.45, 7) is 0.396. The lowest BCUT2D eigenvalue weighted by Crippen LogP contribution is -2.23. The molecule has 2 heterocycles. The van der Waals surface area contributed by atoms with Crippen LogP contribution in [0.3, 0.4) is 0 Å². The largest absolute Gasteiger partial charge is 0.347 e. The summed E-state index contributed by atoms with van der Waals surface area (Å²) in [6, 6.07) is 8.93. The summed E-state index contributed by atoms with van der Waals surface area (Å²) in [6.07, 6.45) is 1.60. The summed E-state index contributed by atoms with van der Waals surface area (Å²) in [4.78, 5) is 16.4. The van der Waals surface area contributed by atoms with Gasteiger partial charge in [0.25, 0.3) is 5.91 Å². The average Bonchev–Trinajstić information content (AvgIpc) is 2.83. The highest BCUT2D eigenvalue weighted by Crippen LogP contribution is 2.20. The molecule has 1 N–H and O–H groups in total. The Morgan fingerprint density at radius 3 is 2.73 bits per heavy atom. The number of carbonyl (C=O) groups is 1. The number of nitrogens with one attached hydrogen (secondary N) is 1. The lowest BCUT2D eigenvalue weighted by atomic mass is 10.2. The highest BCUT2D eigenvalue weighted by Gasteiger charge is 2.16. The highest BCUT2D eigenvalue weighted by atomic mass is 35.5. The first kappa shape index (κ1) is 14.8. The van der Waals surface area contributed by atoms with Crippen LogP contribution >= 0.6 is 23.2 Å². The molecule has 3 aromatic rings. The van der Waals surface area contributed by atoms with Crippen molar-refractivity contribution in [3.8, 4) is 0 Å². The molecule has 22 heavy (non-hydrogen) atoms. The minimum Gasteiger partial charge on any atom is -0.347 e. The molecule has 112 valence electrons.